The maximum absolute atomic E-state index is 12.9. The molecule has 1 unspecified atom stereocenters. The van der Waals surface area contributed by atoms with Gasteiger partial charge in [0.2, 0.25) is 11.1 Å². The van der Waals surface area contributed by atoms with Crippen LogP contribution in [0.25, 0.3) is 10.7 Å². The molecular weight excluding hydrogens is 347 g/mol. The van der Waals surface area contributed by atoms with Gasteiger partial charge in [-0.2, -0.15) is 0 Å². The minimum Gasteiger partial charge on any atom is -0.349 e. The summed E-state index contributed by atoms with van der Waals surface area (Å²) in [5, 5.41) is 12.3. The van der Waals surface area contributed by atoms with Crippen LogP contribution in [0.4, 0.5) is 4.39 Å². The summed E-state index contributed by atoms with van der Waals surface area (Å²) in [6, 6.07) is 9.80. The summed E-state index contributed by atoms with van der Waals surface area (Å²) in [5.74, 6) is 0.499. The van der Waals surface area contributed by atoms with Gasteiger partial charge in [0, 0.05) is 0 Å². The number of thiophene rings is 1. The van der Waals surface area contributed by atoms with Crippen molar-refractivity contribution in [1.29, 1.82) is 0 Å². The molecule has 8 heteroatoms. The van der Waals surface area contributed by atoms with Crippen molar-refractivity contribution >= 4 is 29.0 Å². The van der Waals surface area contributed by atoms with Crippen LogP contribution in [0.2, 0.25) is 0 Å². The lowest BCUT2D eigenvalue weighted by molar-refractivity contribution is -0.119. The van der Waals surface area contributed by atoms with Gasteiger partial charge in [-0.25, -0.2) is 9.37 Å². The van der Waals surface area contributed by atoms with Crippen LogP contribution < -0.4 is 5.32 Å². The standard InChI is InChI=1S/C16H15FN4OS2/c1-10(11-4-6-12(17)7-5-11)18-14(22)9-24-16-19-15(20-21-16)13-3-2-8-23-13/h2-8,10H,9H2,1H3,(H,18,22)(H,19,20,21). The number of carbonyl (C=O) groups excluding carboxylic acids is 1. The Hall–Kier alpha value is -2.19. The number of thioether (sulfide) groups is 1. The number of carbonyl (C=O) groups is 1. The fourth-order valence-electron chi connectivity index (χ4n) is 2.08. The molecule has 2 aromatic heterocycles. The third kappa shape index (κ3) is 4.21. The number of benzene rings is 1. The average Bonchev–Trinajstić information content (AvgIpc) is 3.25. The molecule has 0 saturated carbocycles. The molecule has 3 aromatic rings. The Morgan fingerprint density at radius 3 is 2.88 bits per heavy atom. The Balaban J connectivity index is 1.51. The second-order valence-corrected chi connectivity index (χ2v) is 6.96. The Kier molecular flexibility index (Phi) is 5.27. The van der Waals surface area contributed by atoms with Crippen LogP contribution in [-0.2, 0) is 4.79 Å². The van der Waals surface area contributed by atoms with Crippen molar-refractivity contribution in [3.63, 3.8) is 0 Å². The highest BCUT2D eigenvalue weighted by Gasteiger charge is 2.12. The van der Waals surface area contributed by atoms with E-state index in [-0.39, 0.29) is 23.5 Å². The van der Waals surface area contributed by atoms with E-state index in [0.717, 1.165) is 10.4 Å². The number of halogens is 1. The molecule has 1 aromatic carbocycles. The van der Waals surface area contributed by atoms with Crippen LogP contribution in [-0.4, -0.2) is 26.8 Å². The second kappa shape index (κ2) is 7.59. The minimum absolute atomic E-state index is 0.126. The van der Waals surface area contributed by atoms with Crippen molar-refractivity contribution in [2.24, 2.45) is 0 Å². The highest BCUT2D eigenvalue weighted by Crippen LogP contribution is 2.23. The number of hydrogen-bond donors (Lipinski definition) is 2. The zero-order valence-corrected chi connectivity index (χ0v) is 14.5. The first kappa shape index (κ1) is 16.7. The minimum atomic E-state index is -0.293. The maximum atomic E-state index is 12.9. The van der Waals surface area contributed by atoms with E-state index in [1.54, 1.807) is 23.5 Å². The smallest absolute Gasteiger partial charge is 0.230 e. The summed E-state index contributed by atoms with van der Waals surface area (Å²) in [4.78, 5) is 17.4. The van der Waals surface area contributed by atoms with Gasteiger partial charge < -0.3 is 5.32 Å². The Morgan fingerprint density at radius 1 is 1.38 bits per heavy atom. The summed E-state index contributed by atoms with van der Waals surface area (Å²) in [5.41, 5.74) is 0.854. The zero-order chi connectivity index (χ0) is 16.9. The molecule has 0 aliphatic carbocycles. The predicted molar refractivity (Wildman–Crippen MR) is 93.4 cm³/mol. The number of nitrogens with zero attached hydrogens (tertiary/aromatic N) is 2. The fraction of sp³-hybridized carbons (Fsp3) is 0.188. The summed E-state index contributed by atoms with van der Waals surface area (Å²) in [7, 11) is 0. The predicted octanol–water partition coefficient (Wildman–Crippen LogP) is 3.64. The van der Waals surface area contributed by atoms with E-state index in [4.69, 9.17) is 0 Å². The van der Waals surface area contributed by atoms with Crippen molar-refractivity contribution in [3.05, 3.63) is 53.2 Å². The molecule has 1 amide bonds. The summed E-state index contributed by atoms with van der Waals surface area (Å²) < 4.78 is 12.9. The first-order chi connectivity index (χ1) is 11.6. The lowest BCUT2D eigenvalue weighted by Gasteiger charge is -2.13. The van der Waals surface area contributed by atoms with Crippen LogP contribution >= 0.6 is 23.1 Å². The Bertz CT molecular complexity index is 802. The normalized spacial score (nSPS) is 12.1. The highest BCUT2D eigenvalue weighted by atomic mass is 32.2. The Morgan fingerprint density at radius 2 is 2.17 bits per heavy atom. The molecule has 3 rings (SSSR count). The molecule has 0 fully saturated rings. The molecule has 2 N–H and O–H groups in total. The second-order valence-electron chi connectivity index (χ2n) is 5.07. The number of rotatable bonds is 6. The molecule has 0 bridgehead atoms. The highest BCUT2D eigenvalue weighted by molar-refractivity contribution is 7.99. The first-order valence-electron chi connectivity index (χ1n) is 7.26. The molecule has 2 heterocycles. The number of amides is 1. The molecule has 0 spiro atoms. The van der Waals surface area contributed by atoms with E-state index in [0.29, 0.717) is 11.0 Å². The van der Waals surface area contributed by atoms with Gasteiger partial charge in [-0.1, -0.05) is 30.0 Å². The molecule has 0 saturated heterocycles. The van der Waals surface area contributed by atoms with Crippen LogP contribution in [0, 0.1) is 5.82 Å². The van der Waals surface area contributed by atoms with E-state index >= 15 is 0 Å². The van der Waals surface area contributed by atoms with Gasteiger partial charge in [0.15, 0.2) is 5.82 Å². The number of hydrogen-bond acceptors (Lipinski definition) is 5. The molecule has 0 aliphatic heterocycles. The van der Waals surface area contributed by atoms with Gasteiger partial charge >= 0.3 is 0 Å². The third-order valence-corrected chi connectivity index (χ3v) is 5.02. The largest absolute Gasteiger partial charge is 0.349 e. The molecule has 1 atom stereocenters. The molecule has 124 valence electrons. The average molecular weight is 362 g/mol. The van der Waals surface area contributed by atoms with Gasteiger partial charge in [0.25, 0.3) is 0 Å². The molecular formula is C16H15FN4OS2. The third-order valence-electron chi connectivity index (χ3n) is 3.30. The van der Waals surface area contributed by atoms with Gasteiger partial charge in [-0.05, 0) is 36.1 Å². The number of aromatic nitrogens is 3. The van der Waals surface area contributed by atoms with E-state index in [2.05, 4.69) is 20.5 Å². The summed E-state index contributed by atoms with van der Waals surface area (Å²) in [6.07, 6.45) is 0. The summed E-state index contributed by atoms with van der Waals surface area (Å²) in [6.45, 7) is 1.86. The van der Waals surface area contributed by atoms with Crippen molar-refractivity contribution < 1.29 is 9.18 Å². The van der Waals surface area contributed by atoms with Gasteiger partial charge in [0.1, 0.15) is 5.82 Å². The molecule has 5 nitrogen and oxygen atoms in total. The van der Waals surface area contributed by atoms with Crippen molar-refractivity contribution in [2.45, 2.75) is 18.1 Å². The Labute approximate surface area is 146 Å². The van der Waals surface area contributed by atoms with E-state index in [1.807, 2.05) is 24.4 Å². The summed E-state index contributed by atoms with van der Waals surface area (Å²) >= 11 is 2.84. The van der Waals surface area contributed by atoms with Crippen molar-refractivity contribution in [2.75, 3.05) is 5.75 Å². The topological polar surface area (TPSA) is 70.7 Å². The van der Waals surface area contributed by atoms with Crippen LogP contribution in [0.15, 0.2) is 46.9 Å². The van der Waals surface area contributed by atoms with Crippen LogP contribution in [0.5, 0.6) is 0 Å². The number of H-pyrrole nitrogens is 1. The number of aromatic amines is 1. The van der Waals surface area contributed by atoms with Gasteiger partial charge in [-0.15, -0.1) is 16.4 Å². The van der Waals surface area contributed by atoms with Gasteiger partial charge in [0.05, 0.1) is 16.7 Å². The lowest BCUT2D eigenvalue weighted by Crippen LogP contribution is -2.28. The van der Waals surface area contributed by atoms with Crippen molar-refractivity contribution in [1.82, 2.24) is 20.5 Å². The van der Waals surface area contributed by atoms with E-state index in [1.165, 1.54) is 23.9 Å². The van der Waals surface area contributed by atoms with Crippen LogP contribution in [0.3, 0.4) is 0 Å². The molecule has 24 heavy (non-hydrogen) atoms. The van der Waals surface area contributed by atoms with Crippen molar-refractivity contribution in [3.8, 4) is 10.7 Å². The van der Waals surface area contributed by atoms with Crippen LogP contribution in [0.1, 0.15) is 18.5 Å². The monoisotopic (exact) mass is 362 g/mol. The lowest BCUT2D eigenvalue weighted by atomic mass is 10.1. The van der Waals surface area contributed by atoms with Gasteiger partial charge in [-0.3, -0.25) is 9.89 Å². The first-order valence-corrected chi connectivity index (χ1v) is 9.12. The number of nitrogens with one attached hydrogen (secondary N) is 2. The van der Waals surface area contributed by atoms with E-state index < -0.39 is 0 Å². The quantitative estimate of drug-likeness (QED) is 0.657. The maximum Gasteiger partial charge on any atom is 0.230 e. The SMILES string of the molecule is CC(NC(=O)CSc1n[nH]c(-c2cccs2)n1)c1ccc(F)cc1. The zero-order valence-electron chi connectivity index (χ0n) is 12.8. The molecule has 0 aliphatic rings. The van der Waals surface area contributed by atoms with E-state index in [9.17, 15) is 9.18 Å². The molecule has 0 radical (unpaired) electrons. The fourth-order valence-corrected chi connectivity index (χ4v) is 3.36.